The summed E-state index contributed by atoms with van der Waals surface area (Å²) < 4.78 is 6.30. The molecule has 0 aliphatic carbocycles. The summed E-state index contributed by atoms with van der Waals surface area (Å²) in [6, 6.07) is 18.6. The van der Waals surface area contributed by atoms with Gasteiger partial charge < -0.3 is 25.3 Å². The molecule has 0 saturated carbocycles. The van der Waals surface area contributed by atoms with Gasteiger partial charge in [0.15, 0.2) is 0 Å². The fraction of sp³-hybridized carbons (Fsp3) is 0.200. The van der Waals surface area contributed by atoms with Gasteiger partial charge in [0.05, 0.1) is 5.52 Å². The second-order valence-corrected chi connectivity index (χ2v) is 5.72. The van der Waals surface area contributed by atoms with E-state index in [1.807, 2.05) is 31.4 Å². The maximum absolute atomic E-state index is 9.10. The number of carboxylic acid groups (broad SMARTS) is 2. The molecule has 27 heavy (non-hydrogen) atoms. The molecule has 1 heterocycles. The molecule has 7 heteroatoms. The fourth-order valence-electron chi connectivity index (χ4n) is 2.54. The molecular formula is C20H22N2O5. The van der Waals surface area contributed by atoms with Gasteiger partial charge in [-0.15, -0.1) is 0 Å². The minimum Gasteiger partial charge on any atom is -0.483 e. The third-order valence-corrected chi connectivity index (χ3v) is 3.83. The lowest BCUT2D eigenvalue weighted by molar-refractivity contribution is -0.159. The molecule has 0 unspecified atom stereocenters. The number of ether oxygens (including phenoxy) is 1. The normalized spacial score (nSPS) is 11.3. The maximum atomic E-state index is 9.10. The number of nitrogens with one attached hydrogen (secondary N) is 2. The summed E-state index contributed by atoms with van der Waals surface area (Å²) in [5.74, 6) is -2.74. The summed E-state index contributed by atoms with van der Waals surface area (Å²) >= 11 is 0. The molecule has 142 valence electrons. The Kier molecular flexibility index (Phi) is 7.39. The van der Waals surface area contributed by atoms with Crippen LogP contribution in [0, 0.1) is 0 Å². The van der Waals surface area contributed by atoms with E-state index in [9.17, 15) is 0 Å². The molecule has 4 N–H and O–H groups in total. The Balaban J connectivity index is 0.000000380. The predicted molar refractivity (Wildman–Crippen MR) is 102 cm³/mol. The fourth-order valence-corrected chi connectivity index (χ4v) is 2.54. The second-order valence-electron chi connectivity index (χ2n) is 5.72. The third-order valence-electron chi connectivity index (χ3n) is 3.83. The van der Waals surface area contributed by atoms with Crippen molar-refractivity contribution in [2.45, 2.75) is 12.5 Å². The zero-order valence-electron chi connectivity index (χ0n) is 14.9. The smallest absolute Gasteiger partial charge is 0.414 e. The first-order chi connectivity index (χ1) is 13.0. The summed E-state index contributed by atoms with van der Waals surface area (Å²) in [4.78, 5) is 21.5. The van der Waals surface area contributed by atoms with E-state index >= 15 is 0 Å². The molecule has 1 atom stereocenters. The summed E-state index contributed by atoms with van der Waals surface area (Å²) in [6.07, 6.45) is 2.92. The van der Waals surface area contributed by atoms with Crippen LogP contribution in [0.3, 0.4) is 0 Å². The van der Waals surface area contributed by atoms with Gasteiger partial charge in [-0.1, -0.05) is 42.5 Å². The Hall–Kier alpha value is -3.32. The Bertz CT molecular complexity index is 864. The molecule has 0 aliphatic heterocycles. The van der Waals surface area contributed by atoms with Gasteiger partial charge in [-0.25, -0.2) is 9.59 Å². The van der Waals surface area contributed by atoms with E-state index in [0.29, 0.717) is 0 Å². The van der Waals surface area contributed by atoms with Crippen molar-refractivity contribution in [1.82, 2.24) is 10.3 Å². The summed E-state index contributed by atoms with van der Waals surface area (Å²) in [6.45, 7) is 0.917. The molecule has 0 bridgehead atoms. The molecule has 0 amide bonds. The van der Waals surface area contributed by atoms with Gasteiger partial charge in [0, 0.05) is 18.0 Å². The number of rotatable bonds is 6. The summed E-state index contributed by atoms with van der Waals surface area (Å²) in [7, 11) is 1.97. The van der Waals surface area contributed by atoms with Crippen molar-refractivity contribution in [3.05, 3.63) is 66.4 Å². The average molecular weight is 370 g/mol. The molecule has 3 rings (SSSR count). The molecule has 0 fully saturated rings. The van der Waals surface area contributed by atoms with Crippen LogP contribution in [0.1, 0.15) is 18.1 Å². The number of fused-ring (bicyclic) bond motifs is 1. The van der Waals surface area contributed by atoms with E-state index in [2.05, 4.69) is 46.7 Å². The molecule has 7 nitrogen and oxygen atoms in total. The summed E-state index contributed by atoms with van der Waals surface area (Å²) in [5, 5.41) is 19.2. The van der Waals surface area contributed by atoms with Crippen LogP contribution in [0.5, 0.6) is 5.75 Å². The first-order valence-electron chi connectivity index (χ1n) is 8.41. The van der Waals surface area contributed by atoms with Crippen molar-refractivity contribution in [2.24, 2.45) is 0 Å². The van der Waals surface area contributed by atoms with Crippen LogP contribution in [0.4, 0.5) is 0 Å². The Morgan fingerprint density at radius 3 is 2.37 bits per heavy atom. The lowest BCUT2D eigenvalue weighted by atomic mass is 10.1. The molecule has 0 aliphatic rings. The van der Waals surface area contributed by atoms with Gasteiger partial charge in [-0.05, 0) is 31.3 Å². The van der Waals surface area contributed by atoms with E-state index in [1.54, 1.807) is 0 Å². The minimum absolute atomic E-state index is 0.0487. The molecule has 0 radical (unpaired) electrons. The third kappa shape index (κ3) is 5.86. The van der Waals surface area contributed by atoms with E-state index in [-0.39, 0.29) is 6.10 Å². The number of para-hydroxylation sites is 1. The minimum atomic E-state index is -1.82. The highest BCUT2D eigenvalue weighted by Crippen LogP contribution is 2.30. The molecule has 1 aromatic heterocycles. The van der Waals surface area contributed by atoms with Crippen molar-refractivity contribution in [2.75, 3.05) is 13.6 Å². The number of benzene rings is 2. The van der Waals surface area contributed by atoms with Crippen LogP contribution in [0.2, 0.25) is 0 Å². The van der Waals surface area contributed by atoms with Gasteiger partial charge in [-0.2, -0.15) is 0 Å². The number of aliphatic carboxylic acids is 2. The number of H-pyrrole nitrogens is 1. The predicted octanol–water partition coefficient (Wildman–Crippen LogP) is 3.05. The van der Waals surface area contributed by atoms with E-state index < -0.39 is 11.9 Å². The standard InChI is InChI=1S/C18H20N2O.C2H2O4/c1-19-12-11-16(14-6-3-2-4-7-14)21-17-9-5-8-15-10-13-20-18(15)17;3-1(4)2(5)6/h2-10,13,16,19-20H,11-12H2,1H3;(H,3,4)(H,5,6)/t16-;/m1./s1. The number of aromatic nitrogens is 1. The van der Waals surface area contributed by atoms with E-state index in [0.717, 1.165) is 24.2 Å². The number of hydrogen-bond donors (Lipinski definition) is 4. The monoisotopic (exact) mass is 370 g/mol. The van der Waals surface area contributed by atoms with Crippen LogP contribution < -0.4 is 10.1 Å². The highest BCUT2D eigenvalue weighted by molar-refractivity contribution is 6.27. The first kappa shape index (κ1) is 20.0. The molecular weight excluding hydrogens is 348 g/mol. The maximum Gasteiger partial charge on any atom is 0.414 e. The van der Waals surface area contributed by atoms with Crippen LogP contribution in [-0.2, 0) is 9.59 Å². The van der Waals surface area contributed by atoms with Gasteiger partial charge in [0.25, 0.3) is 0 Å². The zero-order chi connectivity index (χ0) is 19.6. The Morgan fingerprint density at radius 2 is 1.74 bits per heavy atom. The lowest BCUT2D eigenvalue weighted by Crippen LogP contribution is -2.16. The molecule has 2 aromatic carbocycles. The number of carbonyl (C=O) groups is 2. The highest BCUT2D eigenvalue weighted by Gasteiger charge is 2.14. The van der Waals surface area contributed by atoms with Crippen molar-refractivity contribution in [1.29, 1.82) is 0 Å². The average Bonchev–Trinajstić information content (AvgIpc) is 3.16. The number of carboxylic acids is 2. The Morgan fingerprint density at radius 1 is 1.04 bits per heavy atom. The van der Waals surface area contributed by atoms with E-state index in [4.69, 9.17) is 24.5 Å². The lowest BCUT2D eigenvalue weighted by Gasteiger charge is -2.20. The Labute approximate surface area is 156 Å². The quantitative estimate of drug-likeness (QED) is 0.496. The van der Waals surface area contributed by atoms with Crippen molar-refractivity contribution in [3.63, 3.8) is 0 Å². The van der Waals surface area contributed by atoms with Crippen LogP contribution >= 0.6 is 0 Å². The van der Waals surface area contributed by atoms with Crippen molar-refractivity contribution in [3.8, 4) is 5.75 Å². The highest BCUT2D eigenvalue weighted by atomic mass is 16.5. The molecule has 0 saturated heterocycles. The van der Waals surface area contributed by atoms with Crippen molar-refractivity contribution >= 4 is 22.8 Å². The largest absolute Gasteiger partial charge is 0.483 e. The van der Waals surface area contributed by atoms with Gasteiger partial charge in [0.1, 0.15) is 11.9 Å². The molecule has 3 aromatic rings. The molecule has 0 spiro atoms. The first-order valence-corrected chi connectivity index (χ1v) is 8.41. The van der Waals surface area contributed by atoms with Gasteiger partial charge >= 0.3 is 11.9 Å². The van der Waals surface area contributed by atoms with Gasteiger partial charge in [0.2, 0.25) is 0 Å². The van der Waals surface area contributed by atoms with E-state index in [1.165, 1.54) is 10.9 Å². The summed E-state index contributed by atoms with van der Waals surface area (Å²) in [5.41, 5.74) is 2.26. The van der Waals surface area contributed by atoms with Crippen molar-refractivity contribution < 1.29 is 24.5 Å². The zero-order valence-corrected chi connectivity index (χ0v) is 14.9. The second kappa shape index (κ2) is 9.98. The van der Waals surface area contributed by atoms with Crippen LogP contribution in [-0.4, -0.2) is 40.7 Å². The van der Waals surface area contributed by atoms with Crippen LogP contribution in [0.15, 0.2) is 60.8 Å². The number of hydrogen-bond acceptors (Lipinski definition) is 4. The van der Waals surface area contributed by atoms with Crippen LogP contribution in [0.25, 0.3) is 10.9 Å². The topological polar surface area (TPSA) is 112 Å². The van der Waals surface area contributed by atoms with Gasteiger partial charge in [-0.3, -0.25) is 0 Å². The SMILES string of the molecule is CNCC[C@@H](Oc1cccc2cc[nH]c12)c1ccccc1.O=C(O)C(=O)O. The number of aromatic amines is 1.